The summed E-state index contributed by atoms with van der Waals surface area (Å²) in [4.78, 5) is 8.83. The van der Waals surface area contributed by atoms with Gasteiger partial charge in [-0.25, -0.2) is 4.98 Å². The van der Waals surface area contributed by atoms with E-state index in [0.29, 0.717) is 17.5 Å². The van der Waals surface area contributed by atoms with Crippen LogP contribution in [0.2, 0.25) is 0 Å². The molecule has 3 heterocycles. The Labute approximate surface area is 137 Å². The molecular weight excluding hydrogens is 312 g/mol. The van der Waals surface area contributed by atoms with Gasteiger partial charge in [-0.05, 0) is 19.1 Å². The van der Waals surface area contributed by atoms with Gasteiger partial charge in [0.2, 0.25) is 5.89 Å². The lowest BCUT2D eigenvalue weighted by Crippen LogP contribution is -2.13. The largest absolute Gasteiger partial charge is 0.338 e. The number of aromatic nitrogens is 4. The van der Waals surface area contributed by atoms with Gasteiger partial charge < -0.3 is 8.92 Å². The Morgan fingerprint density at radius 3 is 2.65 bits per heavy atom. The number of pyridine rings is 1. The molecule has 6 nitrogen and oxygen atoms in total. The summed E-state index contributed by atoms with van der Waals surface area (Å²) in [5, 5.41) is 3.95. The normalized spacial score (nSPS) is 13.6. The molecule has 23 heavy (non-hydrogen) atoms. The summed E-state index contributed by atoms with van der Waals surface area (Å²) in [6, 6.07) is 5.92. The van der Waals surface area contributed by atoms with Crippen LogP contribution in [0.15, 0.2) is 28.9 Å². The quantitative estimate of drug-likeness (QED) is 0.734. The molecule has 0 saturated heterocycles. The molecule has 0 aliphatic rings. The van der Waals surface area contributed by atoms with Crippen molar-refractivity contribution in [3.05, 3.63) is 47.5 Å². The molecule has 0 fully saturated rings. The van der Waals surface area contributed by atoms with Gasteiger partial charge in [0.05, 0.1) is 11.4 Å². The van der Waals surface area contributed by atoms with E-state index in [1.54, 1.807) is 0 Å². The van der Waals surface area contributed by atoms with Gasteiger partial charge >= 0.3 is 0 Å². The molecule has 7 heteroatoms. The van der Waals surface area contributed by atoms with Crippen molar-refractivity contribution in [1.82, 2.24) is 19.5 Å². The summed E-state index contributed by atoms with van der Waals surface area (Å²) in [6.45, 7) is 8.05. The summed E-state index contributed by atoms with van der Waals surface area (Å²) in [5.74, 6) is 1.66. The van der Waals surface area contributed by atoms with E-state index >= 15 is 0 Å². The first-order valence-electron chi connectivity index (χ1n) is 7.44. The number of fused-ring (bicyclic) bond motifs is 1. The molecule has 3 aromatic rings. The minimum Gasteiger partial charge on any atom is -0.338 e. The van der Waals surface area contributed by atoms with E-state index in [1.165, 1.54) is 0 Å². The van der Waals surface area contributed by atoms with Crippen LogP contribution in [0.25, 0.3) is 5.65 Å². The van der Waals surface area contributed by atoms with Crippen LogP contribution in [0.5, 0.6) is 0 Å². The summed E-state index contributed by atoms with van der Waals surface area (Å²) >= 11 is 0. The Kier molecular flexibility index (Phi) is 4.06. The number of rotatable bonds is 4. The van der Waals surface area contributed by atoms with Crippen LogP contribution in [0.4, 0.5) is 0 Å². The molecule has 3 aromatic heterocycles. The molecule has 0 spiro atoms. The molecule has 0 aromatic carbocycles. The van der Waals surface area contributed by atoms with Gasteiger partial charge in [0.1, 0.15) is 11.4 Å². The van der Waals surface area contributed by atoms with Crippen molar-refractivity contribution in [1.29, 1.82) is 0 Å². The number of hydrogen-bond acceptors (Lipinski definition) is 5. The van der Waals surface area contributed by atoms with Crippen LogP contribution >= 0.6 is 0 Å². The maximum atomic E-state index is 12.3. The average Bonchev–Trinajstić information content (AvgIpc) is 3.05. The molecule has 0 saturated carbocycles. The Hall–Kier alpha value is -2.02. The topological polar surface area (TPSA) is 73.3 Å². The average molecular weight is 332 g/mol. The lowest BCUT2D eigenvalue weighted by Gasteiger charge is -2.10. The lowest BCUT2D eigenvalue weighted by molar-refractivity contribution is 0.372. The van der Waals surface area contributed by atoms with Gasteiger partial charge in [-0.1, -0.05) is 32.0 Å². The Balaban J connectivity index is 1.71. The van der Waals surface area contributed by atoms with E-state index in [2.05, 4.69) is 15.1 Å². The van der Waals surface area contributed by atoms with Crippen LogP contribution in [0.3, 0.4) is 0 Å². The molecule has 122 valence electrons. The van der Waals surface area contributed by atoms with Crippen molar-refractivity contribution < 1.29 is 8.73 Å². The highest BCUT2D eigenvalue weighted by Gasteiger charge is 2.21. The zero-order valence-electron chi connectivity index (χ0n) is 13.7. The summed E-state index contributed by atoms with van der Waals surface area (Å²) in [6.07, 6.45) is 1.93. The third kappa shape index (κ3) is 3.50. The third-order valence-corrected chi connectivity index (χ3v) is 4.66. The van der Waals surface area contributed by atoms with Gasteiger partial charge in [0.25, 0.3) is 0 Å². The standard InChI is InChI=1S/C16H20N4O2S/c1-11-6-5-7-13-17-12(8-20(11)13)9-23(21)10-14-18-15(19-22-14)16(2,3)4/h5-8H,9-10H2,1-4H3/t23-/m1/s1. The predicted molar refractivity (Wildman–Crippen MR) is 88.5 cm³/mol. The van der Waals surface area contributed by atoms with Gasteiger partial charge in [-0.15, -0.1) is 0 Å². The maximum Gasteiger partial charge on any atom is 0.239 e. The summed E-state index contributed by atoms with van der Waals surface area (Å²) in [5.41, 5.74) is 2.58. The highest BCUT2D eigenvalue weighted by molar-refractivity contribution is 7.83. The van der Waals surface area contributed by atoms with E-state index in [0.717, 1.165) is 17.0 Å². The van der Waals surface area contributed by atoms with E-state index < -0.39 is 10.8 Å². The fraction of sp³-hybridized carbons (Fsp3) is 0.438. The second-order valence-electron chi connectivity index (χ2n) is 6.62. The summed E-state index contributed by atoms with van der Waals surface area (Å²) < 4.78 is 19.5. The van der Waals surface area contributed by atoms with Crippen molar-refractivity contribution >= 4 is 16.4 Å². The van der Waals surface area contributed by atoms with Crippen molar-refractivity contribution in [3.8, 4) is 0 Å². The fourth-order valence-electron chi connectivity index (χ4n) is 2.24. The Bertz CT molecular complexity index is 860. The van der Waals surface area contributed by atoms with Gasteiger partial charge in [0.15, 0.2) is 5.82 Å². The highest BCUT2D eigenvalue weighted by atomic mass is 32.2. The van der Waals surface area contributed by atoms with Crippen molar-refractivity contribution in [2.75, 3.05) is 0 Å². The Morgan fingerprint density at radius 1 is 1.22 bits per heavy atom. The Morgan fingerprint density at radius 2 is 2.00 bits per heavy atom. The molecule has 0 N–H and O–H groups in total. The number of nitrogens with zero attached hydrogens (tertiary/aromatic N) is 4. The van der Waals surface area contributed by atoms with E-state index in [9.17, 15) is 4.21 Å². The SMILES string of the molecule is Cc1cccc2nc(C[S@@](=O)Cc3nc(C(C)(C)C)no3)cn12. The number of hydrogen-bond donors (Lipinski definition) is 0. The maximum absolute atomic E-state index is 12.3. The zero-order valence-corrected chi connectivity index (χ0v) is 14.6. The van der Waals surface area contributed by atoms with E-state index in [4.69, 9.17) is 4.52 Å². The minimum absolute atomic E-state index is 0.178. The molecule has 0 amide bonds. The fourth-order valence-corrected chi connectivity index (χ4v) is 3.20. The molecule has 0 aliphatic carbocycles. The number of aryl methyl sites for hydroxylation is 1. The monoisotopic (exact) mass is 332 g/mol. The van der Waals surface area contributed by atoms with Crippen LogP contribution in [0, 0.1) is 6.92 Å². The third-order valence-electron chi connectivity index (χ3n) is 3.48. The van der Waals surface area contributed by atoms with Gasteiger partial charge in [-0.3, -0.25) is 4.21 Å². The second kappa shape index (κ2) is 5.88. The second-order valence-corrected chi connectivity index (χ2v) is 8.07. The van der Waals surface area contributed by atoms with Gasteiger partial charge in [0, 0.05) is 28.1 Å². The number of imidazole rings is 1. The predicted octanol–water partition coefficient (Wildman–Crippen LogP) is 2.77. The lowest BCUT2D eigenvalue weighted by atomic mass is 9.96. The first kappa shape index (κ1) is 15.9. The van der Waals surface area contributed by atoms with Crippen molar-refractivity contribution in [2.24, 2.45) is 0 Å². The molecule has 0 radical (unpaired) electrons. The highest BCUT2D eigenvalue weighted by Crippen LogP contribution is 2.19. The van der Waals surface area contributed by atoms with Crippen LogP contribution in [0.1, 0.15) is 43.9 Å². The molecule has 0 unspecified atom stereocenters. The van der Waals surface area contributed by atoms with Gasteiger partial charge in [-0.2, -0.15) is 4.98 Å². The van der Waals surface area contributed by atoms with E-state index in [-0.39, 0.29) is 11.2 Å². The molecule has 3 rings (SSSR count). The first-order chi connectivity index (χ1) is 10.8. The summed E-state index contributed by atoms with van der Waals surface area (Å²) in [7, 11) is -1.14. The zero-order chi connectivity index (χ0) is 16.6. The first-order valence-corrected chi connectivity index (χ1v) is 8.93. The van der Waals surface area contributed by atoms with Crippen LogP contribution in [-0.2, 0) is 27.7 Å². The van der Waals surface area contributed by atoms with E-state index in [1.807, 2.05) is 56.5 Å². The molecular formula is C16H20N4O2S. The van der Waals surface area contributed by atoms with Crippen molar-refractivity contribution in [2.45, 2.75) is 44.6 Å². The minimum atomic E-state index is -1.14. The van der Waals surface area contributed by atoms with Crippen LogP contribution < -0.4 is 0 Å². The smallest absolute Gasteiger partial charge is 0.239 e. The molecule has 1 atom stereocenters. The molecule has 0 aliphatic heterocycles. The van der Waals surface area contributed by atoms with Crippen LogP contribution in [-0.4, -0.2) is 23.7 Å². The molecule has 0 bridgehead atoms. The van der Waals surface area contributed by atoms with Crippen molar-refractivity contribution in [3.63, 3.8) is 0 Å².